The molecule has 1 aliphatic heterocycles. The monoisotopic (exact) mass is 478 g/mol. The summed E-state index contributed by atoms with van der Waals surface area (Å²) in [5, 5.41) is 14.9. The fraction of sp³-hybridized carbons (Fsp3) is 0.423. The predicted octanol–water partition coefficient (Wildman–Crippen LogP) is 4.91. The van der Waals surface area contributed by atoms with E-state index in [2.05, 4.69) is 28.7 Å². The SMILES string of the molecule is CCn1ncc2c3c(C(C)Nc4ccc(Cl)nc4C4CCNCC4)cc(C)cc3c(=O)n(C)c21. The molecule has 0 aliphatic carbocycles. The highest BCUT2D eigenvalue weighted by molar-refractivity contribution is 6.29. The second-order valence-corrected chi connectivity index (χ2v) is 9.68. The first-order valence-electron chi connectivity index (χ1n) is 12.0. The highest BCUT2D eigenvalue weighted by Crippen LogP contribution is 2.36. The molecule has 178 valence electrons. The number of benzene rings is 1. The van der Waals surface area contributed by atoms with Gasteiger partial charge in [-0.15, -0.1) is 0 Å². The molecule has 1 fully saturated rings. The largest absolute Gasteiger partial charge is 0.377 e. The van der Waals surface area contributed by atoms with Gasteiger partial charge in [-0.25, -0.2) is 9.67 Å². The van der Waals surface area contributed by atoms with Crippen molar-refractivity contribution in [1.29, 1.82) is 0 Å². The lowest BCUT2D eigenvalue weighted by atomic mass is 9.92. The van der Waals surface area contributed by atoms with Gasteiger partial charge in [-0.1, -0.05) is 17.7 Å². The van der Waals surface area contributed by atoms with E-state index in [1.54, 1.807) is 4.57 Å². The van der Waals surface area contributed by atoms with E-state index >= 15 is 0 Å². The molecule has 1 aliphatic rings. The van der Waals surface area contributed by atoms with Crippen molar-refractivity contribution in [2.45, 2.75) is 52.1 Å². The lowest BCUT2D eigenvalue weighted by molar-refractivity contribution is 0.454. The summed E-state index contributed by atoms with van der Waals surface area (Å²) >= 11 is 6.30. The quantitative estimate of drug-likeness (QED) is 0.399. The van der Waals surface area contributed by atoms with Crippen molar-refractivity contribution in [3.63, 3.8) is 0 Å². The average molecular weight is 479 g/mol. The number of hydrogen-bond acceptors (Lipinski definition) is 5. The van der Waals surface area contributed by atoms with E-state index in [0.717, 1.165) is 70.2 Å². The smallest absolute Gasteiger partial charge is 0.259 e. The van der Waals surface area contributed by atoms with E-state index in [0.29, 0.717) is 17.6 Å². The fourth-order valence-corrected chi connectivity index (χ4v) is 5.49. The number of halogens is 1. The van der Waals surface area contributed by atoms with E-state index in [1.807, 2.05) is 50.0 Å². The van der Waals surface area contributed by atoms with Crippen LogP contribution in [0.1, 0.15) is 55.5 Å². The van der Waals surface area contributed by atoms with Gasteiger partial charge >= 0.3 is 0 Å². The van der Waals surface area contributed by atoms with Gasteiger partial charge in [0.05, 0.1) is 17.6 Å². The van der Waals surface area contributed by atoms with Crippen molar-refractivity contribution >= 4 is 39.1 Å². The summed E-state index contributed by atoms with van der Waals surface area (Å²) in [6, 6.07) is 7.99. The maximum absolute atomic E-state index is 13.4. The Hall–Kier alpha value is -2.90. The predicted molar refractivity (Wildman–Crippen MR) is 139 cm³/mol. The normalized spacial score (nSPS) is 15.8. The summed E-state index contributed by atoms with van der Waals surface area (Å²) in [7, 11) is 1.83. The number of aryl methyl sites for hydroxylation is 3. The van der Waals surface area contributed by atoms with Gasteiger partial charge in [-0.05, 0) is 76.0 Å². The van der Waals surface area contributed by atoms with Crippen LogP contribution >= 0.6 is 11.6 Å². The van der Waals surface area contributed by atoms with Crippen molar-refractivity contribution in [2.24, 2.45) is 7.05 Å². The molecule has 8 heteroatoms. The molecular formula is C26H31ClN6O. The van der Waals surface area contributed by atoms with Crippen LogP contribution in [0, 0.1) is 6.92 Å². The minimum atomic E-state index is -0.0499. The zero-order valence-corrected chi connectivity index (χ0v) is 20.9. The highest BCUT2D eigenvalue weighted by Gasteiger charge is 2.23. The van der Waals surface area contributed by atoms with E-state index in [4.69, 9.17) is 16.6 Å². The van der Waals surface area contributed by atoms with Crippen LogP contribution in [0.4, 0.5) is 5.69 Å². The van der Waals surface area contributed by atoms with Gasteiger partial charge in [0.15, 0.2) is 0 Å². The lowest BCUT2D eigenvalue weighted by Crippen LogP contribution is -2.27. The maximum Gasteiger partial charge on any atom is 0.259 e. The second-order valence-electron chi connectivity index (χ2n) is 9.30. The van der Waals surface area contributed by atoms with Gasteiger partial charge in [0.1, 0.15) is 10.8 Å². The zero-order chi connectivity index (χ0) is 24.0. The summed E-state index contributed by atoms with van der Waals surface area (Å²) in [5.41, 5.74) is 5.02. The summed E-state index contributed by atoms with van der Waals surface area (Å²) in [4.78, 5) is 18.1. The Balaban J connectivity index is 1.65. The maximum atomic E-state index is 13.4. The molecule has 0 amide bonds. The third kappa shape index (κ3) is 3.87. The standard InChI is InChI=1S/C26H31ClN6O/c1-5-33-25-20(14-29-33)23-18(12-15(2)13-19(23)26(34)32(25)4)16(3)30-21-6-7-22(27)31-24(21)17-8-10-28-11-9-17/h6-7,12-14,16-17,28,30H,5,8-11H2,1-4H3. The van der Waals surface area contributed by atoms with Crippen molar-refractivity contribution in [3.8, 4) is 0 Å². The molecule has 34 heavy (non-hydrogen) atoms. The van der Waals surface area contributed by atoms with Crippen molar-refractivity contribution in [2.75, 3.05) is 18.4 Å². The first kappa shape index (κ1) is 22.9. The zero-order valence-electron chi connectivity index (χ0n) is 20.2. The van der Waals surface area contributed by atoms with E-state index in [9.17, 15) is 4.79 Å². The van der Waals surface area contributed by atoms with E-state index in [-0.39, 0.29) is 11.6 Å². The Morgan fingerprint density at radius 1 is 1.24 bits per heavy atom. The Labute approximate surface area is 204 Å². The van der Waals surface area contributed by atoms with Crippen LogP contribution in [0.3, 0.4) is 0 Å². The third-order valence-electron chi connectivity index (χ3n) is 7.00. The van der Waals surface area contributed by atoms with Crippen LogP contribution in [-0.4, -0.2) is 32.4 Å². The number of nitrogens with zero attached hydrogens (tertiary/aromatic N) is 4. The molecule has 2 N–H and O–H groups in total. The first-order chi connectivity index (χ1) is 16.4. The number of aromatic nitrogens is 4. The number of pyridine rings is 2. The highest BCUT2D eigenvalue weighted by atomic mass is 35.5. The van der Waals surface area contributed by atoms with Crippen LogP contribution in [0.5, 0.6) is 0 Å². The van der Waals surface area contributed by atoms with Gasteiger partial charge in [0.25, 0.3) is 5.56 Å². The summed E-state index contributed by atoms with van der Waals surface area (Å²) in [6.07, 6.45) is 3.96. The molecule has 5 rings (SSSR count). The van der Waals surface area contributed by atoms with E-state index in [1.165, 1.54) is 0 Å². The van der Waals surface area contributed by atoms with Gasteiger partial charge in [-0.3, -0.25) is 9.36 Å². The van der Waals surface area contributed by atoms with Crippen molar-refractivity contribution < 1.29 is 0 Å². The molecule has 0 spiro atoms. The molecule has 3 aromatic heterocycles. The number of fused-ring (bicyclic) bond motifs is 3. The van der Waals surface area contributed by atoms with Gasteiger partial charge < -0.3 is 10.6 Å². The van der Waals surface area contributed by atoms with Crippen molar-refractivity contribution in [1.82, 2.24) is 24.6 Å². The molecule has 0 bridgehead atoms. The lowest BCUT2D eigenvalue weighted by Gasteiger charge is -2.26. The number of rotatable bonds is 5. The van der Waals surface area contributed by atoms with Crippen LogP contribution in [0.15, 0.2) is 35.3 Å². The minimum absolute atomic E-state index is 0.00148. The fourth-order valence-electron chi connectivity index (χ4n) is 5.33. The summed E-state index contributed by atoms with van der Waals surface area (Å²) < 4.78 is 3.60. The van der Waals surface area contributed by atoms with Crippen LogP contribution < -0.4 is 16.2 Å². The molecule has 4 heterocycles. The van der Waals surface area contributed by atoms with Gasteiger partial charge in [0.2, 0.25) is 0 Å². The molecule has 7 nitrogen and oxygen atoms in total. The second kappa shape index (κ2) is 9.04. The van der Waals surface area contributed by atoms with Crippen LogP contribution in [0.2, 0.25) is 5.15 Å². The molecule has 1 saturated heterocycles. The van der Waals surface area contributed by atoms with Gasteiger partial charge in [-0.2, -0.15) is 5.10 Å². The topological polar surface area (TPSA) is 76.8 Å². The molecule has 0 saturated carbocycles. The first-order valence-corrected chi connectivity index (χ1v) is 12.4. The molecule has 0 radical (unpaired) electrons. The third-order valence-corrected chi connectivity index (χ3v) is 7.21. The molecule has 1 unspecified atom stereocenters. The minimum Gasteiger partial charge on any atom is -0.377 e. The number of piperidine rings is 1. The molecular weight excluding hydrogens is 448 g/mol. The molecule has 1 atom stereocenters. The van der Waals surface area contributed by atoms with Crippen molar-refractivity contribution in [3.05, 3.63) is 62.8 Å². The number of anilines is 1. The molecule has 1 aromatic carbocycles. The Morgan fingerprint density at radius 3 is 2.74 bits per heavy atom. The summed E-state index contributed by atoms with van der Waals surface area (Å²) in [5.74, 6) is 0.366. The summed E-state index contributed by atoms with van der Waals surface area (Å²) in [6.45, 7) is 8.89. The Morgan fingerprint density at radius 2 is 2.00 bits per heavy atom. The number of hydrogen-bond donors (Lipinski definition) is 2. The number of nitrogens with one attached hydrogen (secondary N) is 2. The van der Waals surface area contributed by atoms with Gasteiger partial charge in [0, 0.05) is 41.7 Å². The molecule has 4 aromatic rings. The van der Waals surface area contributed by atoms with Crippen LogP contribution in [-0.2, 0) is 13.6 Å². The van der Waals surface area contributed by atoms with E-state index < -0.39 is 0 Å². The Kier molecular flexibility index (Phi) is 6.08. The Bertz CT molecular complexity index is 1430. The van der Waals surface area contributed by atoms with Crippen LogP contribution in [0.25, 0.3) is 21.8 Å². The average Bonchev–Trinajstić information content (AvgIpc) is 3.28.